The number of methoxy groups -OCH3 is 1. The van der Waals surface area contributed by atoms with E-state index in [1.807, 2.05) is 42.6 Å². The van der Waals surface area contributed by atoms with Crippen molar-refractivity contribution in [3.8, 4) is 5.75 Å². The summed E-state index contributed by atoms with van der Waals surface area (Å²) in [7, 11) is 1.64. The van der Waals surface area contributed by atoms with Crippen molar-refractivity contribution in [2.75, 3.05) is 25.2 Å². The van der Waals surface area contributed by atoms with Crippen LogP contribution in [0.4, 0.5) is 5.69 Å². The number of benzene rings is 1. The van der Waals surface area contributed by atoms with Crippen LogP contribution in [-0.2, 0) is 10.3 Å². The molecule has 1 aliphatic heterocycles. The molecule has 2 atom stereocenters. The van der Waals surface area contributed by atoms with E-state index in [0.717, 1.165) is 16.9 Å². The molecule has 1 fully saturated rings. The number of rotatable bonds is 7. The molecular weight excluding hydrogens is 456 g/mol. The van der Waals surface area contributed by atoms with Crippen LogP contribution < -0.4 is 15.0 Å². The first-order valence-corrected chi connectivity index (χ1v) is 11.7. The van der Waals surface area contributed by atoms with Gasteiger partial charge in [0.25, 0.3) is 0 Å². The van der Waals surface area contributed by atoms with Gasteiger partial charge in [0.05, 0.1) is 29.4 Å². The second-order valence-electron chi connectivity index (χ2n) is 8.98. The van der Waals surface area contributed by atoms with E-state index in [2.05, 4.69) is 59.0 Å². The number of hydrogen-bond donors (Lipinski definition) is 1. The topological polar surface area (TPSA) is 51.6 Å². The minimum Gasteiger partial charge on any atom is -0.490 e. The third-order valence-corrected chi connectivity index (χ3v) is 6.28. The predicted molar refractivity (Wildman–Crippen MR) is 136 cm³/mol. The van der Waals surface area contributed by atoms with Gasteiger partial charge in [-0.15, -0.1) is 0 Å². The fraction of sp³-hybridized carbons (Fsp3) is 0.360. The smallest absolute Gasteiger partial charge is 0.174 e. The highest BCUT2D eigenvalue weighted by Crippen LogP contribution is 2.43. The maximum Gasteiger partial charge on any atom is 0.174 e. The molecule has 174 valence electrons. The Balaban J connectivity index is 1.73. The molecule has 0 aliphatic carbocycles. The van der Waals surface area contributed by atoms with Gasteiger partial charge < -0.3 is 24.3 Å². The van der Waals surface area contributed by atoms with Gasteiger partial charge in [0.2, 0.25) is 0 Å². The van der Waals surface area contributed by atoms with Crippen molar-refractivity contribution < 1.29 is 9.47 Å². The van der Waals surface area contributed by atoms with Crippen LogP contribution in [0.15, 0.2) is 61.1 Å². The van der Waals surface area contributed by atoms with Gasteiger partial charge >= 0.3 is 0 Å². The zero-order valence-corrected chi connectivity index (χ0v) is 20.9. The number of ether oxygens (including phenoxy) is 2. The number of thiocarbonyl (C=S) groups is 1. The highest BCUT2D eigenvalue weighted by molar-refractivity contribution is 7.80. The van der Waals surface area contributed by atoms with Gasteiger partial charge in [0, 0.05) is 36.9 Å². The minimum absolute atomic E-state index is 0.0272. The first-order chi connectivity index (χ1) is 15.8. The summed E-state index contributed by atoms with van der Waals surface area (Å²) >= 11 is 12.4. The largest absolute Gasteiger partial charge is 0.490 e. The van der Waals surface area contributed by atoms with Crippen LogP contribution in [-0.4, -0.2) is 35.0 Å². The zero-order chi connectivity index (χ0) is 23.6. The van der Waals surface area contributed by atoms with E-state index in [1.54, 1.807) is 7.11 Å². The van der Waals surface area contributed by atoms with Crippen LogP contribution in [0.25, 0.3) is 0 Å². The molecule has 3 heterocycles. The highest BCUT2D eigenvalue weighted by atomic mass is 35.5. The highest BCUT2D eigenvalue weighted by Gasteiger charge is 2.41. The molecule has 3 aromatic rings. The number of nitrogens with one attached hydrogen (secondary N) is 1. The van der Waals surface area contributed by atoms with Gasteiger partial charge in [-0.05, 0) is 75.0 Å². The van der Waals surface area contributed by atoms with Crippen LogP contribution in [0.5, 0.6) is 5.75 Å². The molecule has 0 radical (unpaired) electrons. The lowest BCUT2D eigenvalue weighted by atomic mass is 9.98. The van der Waals surface area contributed by atoms with E-state index >= 15 is 0 Å². The molecule has 1 aliphatic rings. The van der Waals surface area contributed by atoms with Gasteiger partial charge in [-0.3, -0.25) is 4.98 Å². The number of pyridine rings is 1. The molecule has 2 aromatic heterocycles. The average Bonchev–Trinajstić information content (AvgIpc) is 3.40. The lowest BCUT2D eigenvalue weighted by Crippen LogP contribution is -2.29. The molecule has 33 heavy (non-hydrogen) atoms. The van der Waals surface area contributed by atoms with Crippen LogP contribution in [0.3, 0.4) is 0 Å². The van der Waals surface area contributed by atoms with Crippen LogP contribution >= 0.6 is 23.8 Å². The van der Waals surface area contributed by atoms with Crippen molar-refractivity contribution >= 4 is 34.6 Å². The van der Waals surface area contributed by atoms with Crippen molar-refractivity contribution in [1.82, 2.24) is 14.9 Å². The lowest BCUT2D eigenvalue weighted by Gasteiger charge is -2.28. The molecule has 0 amide bonds. The van der Waals surface area contributed by atoms with Gasteiger partial charge in [-0.2, -0.15) is 0 Å². The number of aromatic nitrogens is 2. The Bertz CT molecular complexity index is 1110. The Hall–Kier alpha value is -2.61. The normalized spacial score (nSPS) is 18.5. The zero-order valence-electron chi connectivity index (χ0n) is 19.3. The molecule has 0 saturated carbocycles. The second-order valence-corrected chi connectivity index (χ2v) is 9.77. The monoisotopic (exact) mass is 484 g/mol. The average molecular weight is 485 g/mol. The summed E-state index contributed by atoms with van der Waals surface area (Å²) in [4.78, 5) is 6.73. The van der Waals surface area contributed by atoms with E-state index in [-0.39, 0.29) is 17.6 Å². The summed E-state index contributed by atoms with van der Waals surface area (Å²) in [6.07, 6.45) is 6.11. The number of anilines is 1. The summed E-state index contributed by atoms with van der Waals surface area (Å²) < 4.78 is 13.0. The molecule has 1 saturated heterocycles. The van der Waals surface area contributed by atoms with Crippen LogP contribution in [0.1, 0.15) is 44.1 Å². The second kappa shape index (κ2) is 9.71. The van der Waals surface area contributed by atoms with Crippen molar-refractivity contribution in [3.63, 3.8) is 0 Å². The van der Waals surface area contributed by atoms with Crippen molar-refractivity contribution in [1.29, 1.82) is 0 Å². The van der Waals surface area contributed by atoms with Crippen LogP contribution in [0, 0.1) is 0 Å². The number of halogens is 1. The van der Waals surface area contributed by atoms with E-state index in [0.29, 0.717) is 29.1 Å². The fourth-order valence-electron chi connectivity index (χ4n) is 3.97. The SMILES string of the molecule is COCCOc1ccc(N2C(=S)N[C@H](c3ccccn3)[C@H]2c2ccn(C(C)(C)C)c2)cc1Cl. The van der Waals surface area contributed by atoms with Gasteiger partial charge in [-0.1, -0.05) is 17.7 Å². The Kier molecular flexibility index (Phi) is 6.93. The molecule has 1 aromatic carbocycles. The predicted octanol–water partition coefficient (Wildman–Crippen LogP) is 5.49. The third-order valence-electron chi connectivity index (χ3n) is 5.67. The first kappa shape index (κ1) is 23.5. The van der Waals surface area contributed by atoms with Crippen molar-refractivity contribution in [2.45, 2.75) is 38.4 Å². The molecule has 6 nitrogen and oxygen atoms in total. The Labute approximate surface area is 205 Å². The first-order valence-electron chi connectivity index (χ1n) is 10.9. The van der Waals surface area contributed by atoms with Gasteiger partial charge in [0.1, 0.15) is 12.4 Å². The Morgan fingerprint density at radius 3 is 2.61 bits per heavy atom. The number of hydrogen-bond acceptors (Lipinski definition) is 4. The summed E-state index contributed by atoms with van der Waals surface area (Å²) in [5, 5.41) is 4.64. The molecular formula is C25H29ClN4O2S. The summed E-state index contributed by atoms with van der Waals surface area (Å²) in [5.41, 5.74) is 2.94. The van der Waals surface area contributed by atoms with Gasteiger partial charge in [-0.25, -0.2) is 0 Å². The van der Waals surface area contributed by atoms with E-state index in [4.69, 9.17) is 33.3 Å². The van der Waals surface area contributed by atoms with E-state index in [9.17, 15) is 0 Å². The summed E-state index contributed by atoms with van der Waals surface area (Å²) in [6.45, 7) is 7.49. The molecule has 4 rings (SSSR count). The fourth-order valence-corrected chi connectivity index (χ4v) is 4.54. The third kappa shape index (κ3) is 5.00. The summed E-state index contributed by atoms with van der Waals surface area (Å²) in [5.74, 6) is 0.618. The Morgan fingerprint density at radius 2 is 1.97 bits per heavy atom. The van der Waals surface area contributed by atoms with Crippen LogP contribution in [0.2, 0.25) is 5.02 Å². The van der Waals surface area contributed by atoms with Gasteiger partial charge in [0.15, 0.2) is 5.11 Å². The maximum absolute atomic E-state index is 6.57. The molecule has 1 N–H and O–H groups in total. The molecule has 0 bridgehead atoms. The summed E-state index contributed by atoms with van der Waals surface area (Å²) in [6, 6.07) is 13.6. The molecule has 0 spiro atoms. The molecule has 0 unspecified atom stereocenters. The number of nitrogens with zero attached hydrogens (tertiary/aromatic N) is 3. The van der Waals surface area contributed by atoms with Crippen molar-refractivity contribution in [3.05, 3.63) is 77.3 Å². The lowest BCUT2D eigenvalue weighted by molar-refractivity contribution is 0.146. The standard InChI is InChI=1S/C25H29ClN4O2S/c1-25(2,3)29-12-10-17(16-29)23-22(20-7-5-6-11-27-20)28-24(33)30(23)18-8-9-21(19(26)15-18)32-14-13-31-4/h5-12,15-16,22-23H,13-14H2,1-4H3,(H,28,33)/t22-,23-/m1/s1. The quantitative estimate of drug-likeness (QED) is 0.353. The maximum atomic E-state index is 6.57. The minimum atomic E-state index is -0.106. The van der Waals surface area contributed by atoms with E-state index in [1.165, 1.54) is 0 Å². The van der Waals surface area contributed by atoms with E-state index < -0.39 is 0 Å². The Morgan fingerprint density at radius 1 is 1.15 bits per heavy atom. The molecule has 8 heteroatoms. The van der Waals surface area contributed by atoms with Crippen molar-refractivity contribution in [2.24, 2.45) is 0 Å².